The molecule has 1 aromatic carbocycles. The Hall–Kier alpha value is -3.24. The number of fused-ring (bicyclic) bond motifs is 1. The van der Waals surface area contributed by atoms with Crippen molar-refractivity contribution in [3.8, 4) is 6.07 Å². The highest BCUT2D eigenvalue weighted by atomic mass is 16.1. The third-order valence-electron chi connectivity index (χ3n) is 5.03. The van der Waals surface area contributed by atoms with Gasteiger partial charge in [0, 0.05) is 30.7 Å². The summed E-state index contributed by atoms with van der Waals surface area (Å²) >= 11 is 0. The number of hydrogen-bond donors (Lipinski definition) is 0. The molecule has 3 heterocycles. The molecule has 4 rings (SSSR count). The summed E-state index contributed by atoms with van der Waals surface area (Å²) in [6.07, 6.45) is 5.18. The standard InChI is InChI=1S/C21H22N6O/c1-16(14-22)26-19(28)11-10-17-15-23-21(24-20(17)26)27(18-8-4-2-5-9-18)25-12-6-3-7-13-25/h2,4-5,8-11,15-16H,3,6-7,12-13H2,1H3. The molecule has 3 aromatic rings. The van der Waals surface area contributed by atoms with Crippen molar-refractivity contribution in [2.45, 2.75) is 32.2 Å². The number of benzene rings is 1. The topological polar surface area (TPSA) is 78.0 Å². The highest BCUT2D eigenvalue weighted by Gasteiger charge is 2.23. The van der Waals surface area contributed by atoms with Crippen molar-refractivity contribution < 1.29 is 0 Å². The molecule has 1 fully saturated rings. The van der Waals surface area contributed by atoms with E-state index in [9.17, 15) is 10.1 Å². The van der Waals surface area contributed by atoms with E-state index in [1.54, 1.807) is 19.2 Å². The van der Waals surface area contributed by atoms with Crippen LogP contribution in [-0.4, -0.2) is 32.6 Å². The lowest BCUT2D eigenvalue weighted by Gasteiger charge is -2.37. The molecule has 142 valence electrons. The summed E-state index contributed by atoms with van der Waals surface area (Å²) in [5.41, 5.74) is 1.21. The largest absolute Gasteiger partial charge is 0.276 e. The van der Waals surface area contributed by atoms with Crippen molar-refractivity contribution in [3.05, 3.63) is 59.0 Å². The lowest BCUT2D eigenvalue weighted by molar-refractivity contribution is 0.228. The van der Waals surface area contributed by atoms with Gasteiger partial charge in [-0.3, -0.25) is 9.36 Å². The Morgan fingerprint density at radius 2 is 1.86 bits per heavy atom. The van der Waals surface area contributed by atoms with E-state index in [1.165, 1.54) is 17.1 Å². The molecule has 1 aliphatic rings. The van der Waals surface area contributed by atoms with Gasteiger partial charge in [0.25, 0.3) is 5.56 Å². The summed E-state index contributed by atoms with van der Waals surface area (Å²) in [5, 5.41) is 14.4. The van der Waals surface area contributed by atoms with E-state index in [1.807, 2.05) is 35.3 Å². The Balaban J connectivity index is 1.89. The molecule has 0 saturated carbocycles. The summed E-state index contributed by atoms with van der Waals surface area (Å²) in [7, 11) is 0. The van der Waals surface area contributed by atoms with Gasteiger partial charge in [-0.05, 0) is 38.0 Å². The zero-order valence-corrected chi connectivity index (χ0v) is 15.8. The van der Waals surface area contributed by atoms with Crippen LogP contribution in [0.4, 0.5) is 11.6 Å². The maximum Gasteiger partial charge on any atom is 0.253 e. The number of nitriles is 1. The van der Waals surface area contributed by atoms with Gasteiger partial charge in [0.15, 0.2) is 0 Å². The van der Waals surface area contributed by atoms with Gasteiger partial charge in [0.05, 0.1) is 11.8 Å². The fraction of sp³-hybridized carbons (Fsp3) is 0.333. The second-order valence-electron chi connectivity index (χ2n) is 6.96. The second kappa shape index (κ2) is 7.79. The molecule has 1 aliphatic heterocycles. The van der Waals surface area contributed by atoms with Crippen molar-refractivity contribution in [3.63, 3.8) is 0 Å². The van der Waals surface area contributed by atoms with Crippen LogP contribution in [0.5, 0.6) is 0 Å². The number of para-hydroxylation sites is 1. The van der Waals surface area contributed by atoms with Gasteiger partial charge in [-0.15, -0.1) is 0 Å². The van der Waals surface area contributed by atoms with Crippen molar-refractivity contribution >= 4 is 22.7 Å². The number of hydrazine groups is 1. The average Bonchev–Trinajstić information content (AvgIpc) is 2.75. The molecule has 0 spiro atoms. The van der Waals surface area contributed by atoms with E-state index >= 15 is 0 Å². The van der Waals surface area contributed by atoms with Gasteiger partial charge < -0.3 is 0 Å². The number of nitrogens with zero attached hydrogens (tertiary/aromatic N) is 6. The van der Waals surface area contributed by atoms with Crippen LogP contribution in [0.15, 0.2) is 53.5 Å². The van der Waals surface area contributed by atoms with Gasteiger partial charge >= 0.3 is 0 Å². The number of aromatic nitrogens is 3. The van der Waals surface area contributed by atoms with Crippen LogP contribution in [0, 0.1) is 11.3 Å². The molecule has 7 heteroatoms. The summed E-state index contributed by atoms with van der Waals surface area (Å²) in [5.74, 6) is 0.505. The van der Waals surface area contributed by atoms with E-state index in [2.05, 4.69) is 16.1 Å². The van der Waals surface area contributed by atoms with Crippen LogP contribution in [-0.2, 0) is 0 Å². The quantitative estimate of drug-likeness (QED) is 0.696. The van der Waals surface area contributed by atoms with Crippen molar-refractivity contribution in [1.82, 2.24) is 19.5 Å². The first-order valence-electron chi connectivity index (χ1n) is 9.57. The normalized spacial score (nSPS) is 15.9. The van der Waals surface area contributed by atoms with Crippen LogP contribution in [0.25, 0.3) is 11.0 Å². The lowest BCUT2D eigenvalue weighted by Crippen LogP contribution is -2.43. The van der Waals surface area contributed by atoms with Crippen LogP contribution in [0.1, 0.15) is 32.2 Å². The fourth-order valence-electron chi connectivity index (χ4n) is 3.62. The Morgan fingerprint density at radius 1 is 1.11 bits per heavy atom. The Bertz CT molecular complexity index is 1070. The molecule has 0 aliphatic carbocycles. The minimum Gasteiger partial charge on any atom is -0.276 e. The van der Waals surface area contributed by atoms with E-state index in [0.717, 1.165) is 37.0 Å². The van der Waals surface area contributed by atoms with Gasteiger partial charge in [-0.25, -0.2) is 15.0 Å². The zero-order chi connectivity index (χ0) is 19.5. The Kier molecular flexibility index (Phi) is 5.04. The minimum atomic E-state index is -0.612. The lowest BCUT2D eigenvalue weighted by atomic mass is 10.1. The molecule has 1 atom stereocenters. The number of anilines is 2. The summed E-state index contributed by atoms with van der Waals surface area (Å²) in [4.78, 5) is 21.7. The molecule has 0 radical (unpaired) electrons. The smallest absolute Gasteiger partial charge is 0.253 e. The van der Waals surface area contributed by atoms with Gasteiger partial charge in [0.2, 0.25) is 5.95 Å². The van der Waals surface area contributed by atoms with E-state index in [0.29, 0.717) is 11.6 Å². The summed E-state index contributed by atoms with van der Waals surface area (Å²) < 4.78 is 1.43. The number of hydrogen-bond acceptors (Lipinski definition) is 6. The molecule has 1 unspecified atom stereocenters. The maximum atomic E-state index is 12.4. The van der Waals surface area contributed by atoms with Gasteiger partial charge in [-0.2, -0.15) is 10.2 Å². The SMILES string of the molecule is CC(C#N)n1c(=O)ccc2cnc(N(c3ccccc3)N3CCCCC3)nc21. The monoisotopic (exact) mass is 374 g/mol. The number of pyridine rings is 1. The van der Waals surface area contributed by atoms with Crippen LogP contribution < -0.4 is 10.6 Å². The maximum absolute atomic E-state index is 12.4. The van der Waals surface area contributed by atoms with Crippen molar-refractivity contribution in [2.75, 3.05) is 18.1 Å². The highest BCUT2D eigenvalue weighted by molar-refractivity contribution is 5.76. The second-order valence-corrected chi connectivity index (χ2v) is 6.96. The third-order valence-corrected chi connectivity index (χ3v) is 5.03. The first-order valence-corrected chi connectivity index (χ1v) is 9.57. The molecule has 1 saturated heterocycles. The Morgan fingerprint density at radius 3 is 2.57 bits per heavy atom. The number of rotatable bonds is 4. The molecule has 0 bridgehead atoms. The van der Waals surface area contributed by atoms with Crippen molar-refractivity contribution in [2.24, 2.45) is 0 Å². The van der Waals surface area contributed by atoms with E-state index in [4.69, 9.17) is 4.98 Å². The predicted molar refractivity (Wildman–Crippen MR) is 108 cm³/mol. The molecule has 28 heavy (non-hydrogen) atoms. The van der Waals surface area contributed by atoms with E-state index < -0.39 is 6.04 Å². The minimum absolute atomic E-state index is 0.240. The molecule has 0 amide bonds. The third kappa shape index (κ3) is 3.35. The summed E-state index contributed by atoms with van der Waals surface area (Å²) in [6.45, 7) is 3.54. The first kappa shape index (κ1) is 18.1. The molecule has 7 nitrogen and oxygen atoms in total. The summed E-state index contributed by atoms with van der Waals surface area (Å²) in [6, 6.07) is 14.7. The Labute approximate surface area is 163 Å². The first-order chi connectivity index (χ1) is 13.7. The van der Waals surface area contributed by atoms with Gasteiger partial charge in [0.1, 0.15) is 11.7 Å². The molecular formula is C21H22N6O. The van der Waals surface area contributed by atoms with Crippen LogP contribution in [0.2, 0.25) is 0 Å². The predicted octanol–water partition coefficient (Wildman–Crippen LogP) is 3.42. The zero-order valence-electron chi connectivity index (χ0n) is 15.8. The van der Waals surface area contributed by atoms with Gasteiger partial charge in [-0.1, -0.05) is 24.6 Å². The van der Waals surface area contributed by atoms with Crippen LogP contribution in [0.3, 0.4) is 0 Å². The molecular weight excluding hydrogens is 352 g/mol. The number of piperidine rings is 1. The fourth-order valence-corrected chi connectivity index (χ4v) is 3.62. The van der Waals surface area contributed by atoms with E-state index in [-0.39, 0.29) is 5.56 Å². The van der Waals surface area contributed by atoms with Crippen LogP contribution >= 0.6 is 0 Å². The molecule has 0 N–H and O–H groups in total. The molecule has 2 aromatic heterocycles. The van der Waals surface area contributed by atoms with Crippen molar-refractivity contribution in [1.29, 1.82) is 5.26 Å². The highest BCUT2D eigenvalue weighted by Crippen LogP contribution is 2.27. The average molecular weight is 374 g/mol.